The molecule has 0 aromatic carbocycles. The number of carbonyl (C=O) groups is 4. The zero-order chi connectivity index (χ0) is 24.5. The van der Waals surface area contributed by atoms with Crippen molar-refractivity contribution in [3.63, 3.8) is 0 Å². The molecule has 1 saturated heterocycles. The molecule has 0 radical (unpaired) electrons. The van der Waals surface area contributed by atoms with Gasteiger partial charge in [-0.2, -0.15) is 0 Å². The van der Waals surface area contributed by atoms with Gasteiger partial charge in [0.05, 0.1) is 25.2 Å². The predicted molar refractivity (Wildman–Crippen MR) is 107 cm³/mol. The largest absolute Gasteiger partial charge is 0.476 e. The number of allylic oxidation sites excluding steroid dienone is 1. The van der Waals surface area contributed by atoms with Crippen molar-refractivity contribution in [3.05, 3.63) is 12.2 Å². The van der Waals surface area contributed by atoms with Gasteiger partial charge in [-0.1, -0.05) is 19.8 Å². The molecule has 12 nitrogen and oxygen atoms in total. The number of ether oxygens (including phenoxy) is 2. The van der Waals surface area contributed by atoms with Crippen molar-refractivity contribution in [2.75, 3.05) is 6.61 Å². The van der Waals surface area contributed by atoms with Crippen LogP contribution in [0, 0.1) is 0 Å². The first-order valence-corrected chi connectivity index (χ1v) is 10.2. The van der Waals surface area contributed by atoms with Crippen molar-refractivity contribution >= 4 is 23.6 Å². The fraction of sp³-hybridized carbons (Fsp3) is 0.700. The van der Waals surface area contributed by atoms with E-state index in [4.69, 9.17) is 14.6 Å². The van der Waals surface area contributed by atoms with Crippen LogP contribution in [0.5, 0.6) is 0 Å². The van der Waals surface area contributed by atoms with E-state index >= 15 is 0 Å². The molecule has 6 atom stereocenters. The summed E-state index contributed by atoms with van der Waals surface area (Å²) < 4.78 is 10.2. The third kappa shape index (κ3) is 7.64. The minimum atomic E-state index is -2.79. The highest BCUT2D eigenvalue weighted by Gasteiger charge is 2.57. The number of aliphatic hydroxyl groups excluding tert-OH is 4. The fourth-order valence-corrected chi connectivity index (χ4v) is 3.22. The van der Waals surface area contributed by atoms with Gasteiger partial charge in [-0.05, 0) is 12.5 Å². The van der Waals surface area contributed by atoms with Gasteiger partial charge in [-0.15, -0.1) is 0 Å². The first kappa shape index (κ1) is 27.7. The van der Waals surface area contributed by atoms with Crippen molar-refractivity contribution in [1.82, 2.24) is 5.32 Å². The molecule has 0 saturated carbocycles. The van der Waals surface area contributed by atoms with Crippen molar-refractivity contribution in [3.8, 4) is 0 Å². The Balaban J connectivity index is 3.09. The number of carbonyl (C=O) groups excluding carboxylic acids is 3. The monoisotopic (exact) mass is 461 g/mol. The van der Waals surface area contributed by atoms with Crippen LogP contribution in [0.4, 0.5) is 0 Å². The Morgan fingerprint density at radius 2 is 1.88 bits per heavy atom. The zero-order valence-corrected chi connectivity index (χ0v) is 18.0. The van der Waals surface area contributed by atoms with Gasteiger partial charge in [0.25, 0.3) is 0 Å². The Hall–Kier alpha value is -2.38. The Morgan fingerprint density at radius 1 is 1.22 bits per heavy atom. The first-order chi connectivity index (χ1) is 15.0. The summed E-state index contributed by atoms with van der Waals surface area (Å²) >= 11 is 0. The molecule has 1 aliphatic heterocycles. The lowest BCUT2D eigenvalue weighted by Gasteiger charge is -2.45. The maximum atomic E-state index is 12.2. The molecule has 0 spiro atoms. The number of carboxylic acid groups (broad SMARTS) is 1. The van der Waals surface area contributed by atoms with E-state index in [0.29, 0.717) is 6.42 Å². The number of amides is 1. The van der Waals surface area contributed by atoms with Crippen LogP contribution in [0.2, 0.25) is 0 Å². The number of nitrogens with one attached hydrogen (secondary N) is 1. The van der Waals surface area contributed by atoms with Crippen LogP contribution < -0.4 is 5.32 Å². The van der Waals surface area contributed by atoms with Crippen LogP contribution in [-0.2, 0) is 28.7 Å². The molecule has 1 rings (SSSR count). The van der Waals surface area contributed by atoms with Gasteiger partial charge in [-0.25, -0.2) is 9.59 Å². The highest BCUT2D eigenvalue weighted by atomic mass is 16.7. The Bertz CT molecular complexity index is 710. The highest BCUT2D eigenvalue weighted by Crippen LogP contribution is 2.33. The van der Waals surface area contributed by atoms with Crippen LogP contribution in [-0.4, -0.2) is 92.0 Å². The second kappa shape index (κ2) is 12.6. The number of rotatable bonds is 12. The third-order valence-corrected chi connectivity index (χ3v) is 4.88. The van der Waals surface area contributed by atoms with Crippen molar-refractivity contribution in [2.24, 2.45) is 0 Å². The molecule has 182 valence electrons. The minimum absolute atomic E-state index is 0.197. The summed E-state index contributed by atoms with van der Waals surface area (Å²) in [7, 11) is 0. The van der Waals surface area contributed by atoms with Crippen LogP contribution >= 0.6 is 0 Å². The summed E-state index contributed by atoms with van der Waals surface area (Å²) in [5.41, 5.74) is 0. The Morgan fingerprint density at radius 3 is 2.41 bits per heavy atom. The SMILES string of the molecule is CCCCCC(=O)C=CC(=O)O[C@@]1(C(=O)O)C[C@H](O)[C@@H](NC(C)=O)[C@H]([C@H](O)[C@H](O)CO)O1. The standard InChI is InChI=1S/C20H31NO11/c1-3-4-5-6-12(24)7-8-15(27)31-20(19(29)30)9-13(25)16(21-11(2)23)18(32-20)17(28)14(26)10-22/h7-8,13-14,16-18,22,25-26,28H,3-6,9-10H2,1-2H3,(H,21,23)(H,29,30)/t13-,14+,16+,17+,18+,20-/m0/s1. The van der Waals surface area contributed by atoms with E-state index < -0.39 is 67.1 Å². The summed E-state index contributed by atoms with van der Waals surface area (Å²) in [4.78, 5) is 47.3. The number of carboxylic acids is 1. The molecular formula is C20H31NO11. The number of aliphatic carboxylic acids is 1. The lowest BCUT2D eigenvalue weighted by atomic mass is 9.88. The molecule has 0 aromatic heterocycles. The molecule has 32 heavy (non-hydrogen) atoms. The van der Waals surface area contributed by atoms with Crippen LogP contribution in [0.1, 0.15) is 46.0 Å². The van der Waals surface area contributed by atoms with Crippen LogP contribution in [0.25, 0.3) is 0 Å². The van der Waals surface area contributed by atoms with Crippen LogP contribution in [0.3, 0.4) is 0 Å². The van der Waals surface area contributed by atoms with E-state index in [1.165, 1.54) is 0 Å². The lowest BCUT2D eigenvalue weighted by molar-refractivity contribution is -0.299. The van der Waals surface area contributed by atoms with E-state index in [-0.39, 0.29) is 12.2 Å². The van der Waals surface area contributed by atoms with Crippen molar-refractivity contribution in [1.29, 1.82) is 0 Å². The molecule has 12 heteroatoms. The first-order valence-electron chi connectivity index (χ1n) is 10.2. The molecular weight excluding hydrogens is 430 g/mol. The second-order valence-corrected chi connectivity index (χ2v) is 7.56. The summed E-state index contributed by atoms with van der Waals surface area (Å²) in [5.74, 6) is -6.89. The van der Waals surface area contributed by atoms with Gasteiger partial charge in [0.1, 0.15) is 18.3 Å². The van der Waals surface area contributed by atoms with Gasteiger partial charge in [0, 0.05) is 19.4 Å². The highest BCUT2D eigenvalue weighted by molar-refractivity contribution is 5.96. The molecule has 0 aliphatic carbocycles. The summed E-state index contributed by atoms with van der Waals surface area (Å²) in [5, 5.41) is 51.5. The Kier molecular flexibility index (Phi) is 10.9. The molecule has 0 bridgehead atoms. The molecule has 0 unspecified atom stereocenters. The summed E-state index contributed by atoms with van der Waals surface area (Å²) in [6.07, 6.45) is -3.83. The second-order valence-electron chi connectivity index (χ2n) is 7.56. The summed E-state index contributed by atoms with van der Waals surface area (Å²) in [6, 6.07) is -1.38. The fourth-order valence-electron chi connectivity index (χ4n) is 3.22. The van der Waals surface area contributed by atoms with Gasteiger partial charge < -0.3 is 40.3 Å². The minimum Gasteiger partial charge on any atom is -0.476 e. The maximum absolute atomic E-state index is 12.2. The maximum Gasteiger partial charge on any atom is 0.377 e. The Labute approximate surface area is 184 Å². The smallest absolute Gasteiger partial charge is 0.377 e. The number of aliphatic hydroxyl groups is 4. The number of hydrogen-bond donors (Lipinski definition) is 6. The van der Waals surface area contributed by atoms with Gasteiger partial charge in [0.15, 0.2) is 5.78 Å². The van der Waals surface area contributed by atoms with E-state index in [1.807, 2.05) is 6.92 Å². The molecule has 1 fully saturated rings. The third-order valence-electron chi connectivity index (χ3n) is 4.88. The quantitative estimate of drug-likeness (QED) is 0.111. The van der Waals surface area contributed by atoms with Gasteiger partial charge >= 0.3 is 17.7 Å². The number of unbranched alkanes of at least 4 members (excludes halogenated alkanes) is 2. The average molecular weight is 461 g/mol. The number of ketones is 1. The van der Waals surface area contributed by atoms with E-state index in [0.717, 1.165) is 31.9 Å². The van der Waals surface area contributed by atoms with Crippen LogP contribution in [0.15, 0.2) is 12.2 Å². The molecule has 0 aromatic rings. The number of esters is 1. The summed E-state index contributed by atoms with van der Waals surface area (Å²) in [6.45, 7) is 2.12. The zero-order valence-electron chi connectivity index (χ0n) is 18.0. The topological polar surface area (TPSA) is 200 Å². The van der Waals surface area contributed by atoms with E-state index in [9.17, 15) is 39.6 Å². The number of hydrogen-bond acceptors (Lipinski definition) is 10. The molecule has 6 N–H and O–H groups in total. The normalized spacial score (nSPS) is 27.5. The lowest BCUT2D eigenvalue weighted by Crippen LogP contribution is -2.68. The van der Waals surface area contributed by atoms with Gasteiger partial charge in [-0.3, -0.25) is 9.59 Å². The van der Waals surface area contributed by atoms with E-state index in [2.05, 4.69) is 5.32 Å². The molecule has 1 heterocycles. The molecule has 1 amide bonds. The van der Waals surface area contributed by atoms with Crippen molar-refractivity contribution < 1.29 is 54.2 Å². The van der Waals surface area contributed by atoms with Gasteiger partial charge in [0.2, 0.25) is 5.91 Å². The van der Waals surface area contributed by atoms with E-state index in [1.54, 1.807) is 0 Å². The predicted octanol–water partition coefficient (Wildman–Crippen LogP) is -1.62. The molecule has 1 aliphatic rings. The average Bonchev–Trinajstić information content (AvgIpc) is 2.72. The van der Waals surface area contributed by atoms with Crippen molar-refractivity contribution in [2.45, 2.75) is 82.2 Å².